The van der Waals surface area contributed by atoms with Crippen LogP contribution in [0.1, 0.15) is 68.1 Å². The molecule has 0 bridgehead atoms. The molecule has 0 fully saturated rings. The Kier molecular flexibility index (Phi) is 18.6. The third kappa shape index (κ3) is 16.8. The van der Waals surface area contributed by atoms with Crippen LogP contribution in [0.25, 0.3) is 0 Å². The van der Waals surface area contributed by atoms with Gasteiger partial charge in [0.15, 0.2) is 0 Å². The number of hydrogen-bond acceptors (Lipinski definition) is 7. The highest BCUT2D eigenvalue weighted by atomic mass is 79.9. The highest BCUT2D eigenvalue weighted by Gasteiger charge is 2.07. The van der Waals surface area contributed by atoms with E-state index in [0.29, 0.717) is 37.9 Å². The molecular weight excluding hydrogens is 897 g/mol. The summed E-state index contributed by atoms with van der Waals surface area (Å²) in [7, 11) is 0. The van der Waals surface area contributed by atoms with Crippen molar-refractivity contribution in [2.45, 2.75) is 51.4 Å². The predicted octanol–water partition coefficient (Wildman–Crippen LogP) is 14.6. The highest BCUT2D eigenvalue weighted by Crippen LogP contribution is 2.26. The first-order valence-corrected chi connectivity index (χ1v) is 22.3. The lowest BCUT2D eigenvalue weighted by Crippen LogP contribution is -2.03. The molecule has 61 heavy (non-hydrogen) atoms. The van der Waals surface area contributed by atoms with Gasteiger partial charge in [0.05, 0.1) is 43.5 Å². The number of nitrogens with zero attached hydrogens (tertiary/aromatic N) is 3. The van der Waals surface area contributed by atoms with E-state index < -0.39 is 0 Å². The minimum atomic E-state index is -0.293. The maximum atomic E-state index is 13.4. The zero-order valence-electron chi connectivity index (χ0n) is 34.1. The lowest BCUT2D eigenvalue weighted by Gasteiger charge is -2.13. The first-order valence-electron chi connectivity index (χ1n) is 20.7. The number of ether oxygens (including phenoxy) is 4. The van der Waals surface area contributed by atoms with Crippen LogP contribution in [-0.4, -0.2) is 45.1 Å². The second-order valence-corrected chi connectivity index (χ2v) is 16.1. The molecule has 0 spiro atoms. The summed E-state index contributed by atoms with van der Waals surface area (Å²) in [4.78, 5) is 13.6. The minimum absolute atomic E-state index is 0.293. The summed E-state index contributed by atoms with van der Waals surface area (Å²) in [6, 6.07) is 43.7. The molecule has 0 unspecified atom stereocenters. The van der Waals surface area contributed by atoms with Gasteiger partial charge in [-0.15, -0.1) is 0 Å². The quantitative estimate of drug-likeness (QED) is 0.0447. The van der Waals surface area contributed by atoms with Crippen molar-refractivity contribution in [1.82, 2.24) is 0 Å². The first-order chi connectivity index (χ1) is 29.9. The maximum absolute atomic E-state index is 13.4. The van der Waals surface area contributed by atoms with Gasteiger partial charge in [0, 0.05) is 39.2 Å². The molecule has 7 nitrogen and oxygen atoms in total. The van der Waals surface area contributed by atoms with Gasteiger partial charge in [-0.1, -0.05) is 31.9 Å². The molecule has 0 aliphatic carbocycles. The number of hydrogen-bond donors (Lipinski definition) is 0. The van der Waals surface area contributed by atoms with Gasteiger partial charge in [-0.2, -0.15) is 0 Å². The molecule has 0 atom stereocenters. The molecule has 0 aromatic heterocycles. The smallest absolute Gasteiger partial charge is 0.131 e. The van der Waals surface area contributed by atoms with E-state index in [4.69, 9.17) is 18.9 Å². The van der Waals surface area contributed by atoms with Crippen LogP contribution in [0.3, 0.4) is 0 Å². The molecule has 314 valence electrons. The van der Waals surface area contributed by atoms with Crippen LogP contribution in [0.4, 0.5) is 21.5 Å². The summed E-state index contributed by atoms with van der Waals surface area (Å²) >= 11 is 6.90. The van der Waals surface area contributed by atoms with E-state index in [2.05, 4.69) is 46.8 Å². The summed E-state index contributed by atoms with van der Waals surface area (Å²) < 4.78 is 39.9. The predicted molar refractivity (Wildman–Crippen MR) is 255 cm³/mol. The summed E-state index contributed by atoms with van der Waals surface area (Å²) in [5.74, 6) is 2.88. The lowest BCUT2D eigenvalue weighted by atomic mass is 10.2. The molecule has 0 amide bonds. The van der Waals surface area contributed by atoms with Crippen molar-refractivity contribution in [1.29, 1.82) is 0 Å². The SMILES string of the molecule is Fc1ccc(N=Cc2ccc(OCCCCCCOc3ccc(C=Nc4ccc(Br)cc4)cc3)cc2OCCCCCCOc2ccc(C=Nc3ccc(Br)cc3)cc2)cc1. The summed E-state index contributed by atoms with van der Waals surface area (Å²) in [6.07, 6.45) is 13.4. The number of unbranched alkanes of at least 4 members (excludes halogenated alkanes) is 6. The molecule has 0 saturated heterocycles. The van der Waals surface area contributed by atoms with Gasteiger partial charge in [0.25, 0.3) is 0 Å². The van der Waals surface area contributed by atoms with Gasteiger partial charge in [0.2, 0.25) is 0 Å². The van der Waals surface area contributed by atoms with Gasteiger partial charge in [-0.25, -0.2) is 4.39 Å². The number of rotatable bonds is 24. The van der Waals surface area contributed by atoms with Crippen LogP contribution >= 0.6 is 31.9 Å². The Morgan fingerprint density at radius 3 is 1.23 bits per heavy atom. The molecule has 10 heteroatoms. The normalized spacial score (nSPS) is 11.5. The second-order valence-electron chi connectivity index (χ2n) is 14.3. The van der Waals surface area contributed by atoms with Crippen molar-refractivity contribution in [3.8, 4) is 23.0 Å². The van der Waals surface area contributed by atoms with Crippen LogP contribution in [-0.2, 0) is 0 Å². The molecule has 0 heterocycles. The highest BCUT2D eigenvalue weighted by molar-refractivity contribution is 9.10. The molecule has 0 N–H and O–H groups in total. The molecule has 0 aliphatic heterocycles. The summed E-state index contributed by atoms with van der Waals surface area (Å²) in [5, 5.41) is 0. The number of aliphatic imine (C=N–C) groups is 3. The van der Waals surface area contributed by atoms with Gasteiger partial charge < -0.3 is 18.9 Å². The molecule has 6 rings (SSSR count). The average molecular weight is 948 g/mol. The fourth-order valence-electron chi connectivity index (χ4n) is 6.03. The Bertz CT molecular complexity index is 2280. The Morgan fingerprint density at radius 2 is 0.770 bits per heavy atom. The standard InChI is InChI=1S/C51H50Br2FN3O4/c52-42-14-20-45(21-15-42)55-36-39-9-26-48(27-10-39)58-31-5-1-2-7-33-60-50-30-13-41(38-57-47-24-18-44(54)19-25-47)51(35-50)61-34-8-4-3-6-32-59-49-28-11-40(12-29-49)37-56-46-22-16-43(53)17-23-46/h9-30,35-38H,1-8,31-34H2. The van der Waals surface area contributed by atoms with Crippen molar-refractivity contribution in [3.05, 3.63) is 171 Å². The van der Waals surface area contributed by atoms with Crippen LogP contribution in [0.2, 0.25) is 0 Å². The topological polar surface area (TPSA) is 74.0 Å². The van der Waals surface area contributed by atoms with Gasteiger partial charge in [-0.3, -0.25) is 15.0 Å². The fourth-order valence-corrected chi connectivity index (χ4v) is 6.56. The minimum Gasteiger partial charge on any atom is -0.494 e. The third-order valence-electron chi connectivity index (χ3n) is 9.44. The third-order valence-corrected chi connectivity index (χ3v) is 10.5. The Morgan fingerprint density at radius 1 is 0.393 bits per heavy atom. The Labute approximate surface area is 375 Å². The molecule has 0 radical (unpaired) electrons. The molecule has 6 aromatic rings. The zero-order chi connectivity index (χ0) is 42.3. The first kappa shape index (κ1) is 45.0. The second kappa shape index (κ2) is 25.3. The van der Waals surface area contributed by atoms with Gasteiger partial charge in [0.1, 0.15) is 28.8 Å². The van der Waals surface area contributed by atoms with Gasteiger partial charge >= 0.3 is 0 Å². The van der Waals surface area contributed by atoms with E-state index in [9.17, 15) is 4.39 Å². The van der Waals surface area contributed by atoms with Crippen molar-refractivity contribution in [2.24, 2.45) is 15.0 Å². The zero-order valence-corrected chi connectivity index (χ0v) is 37.3. The lowest BCUT2D eigenvalue weighted by molar-refractivity contribution is 0.279. The number of halogens is 3. The molecule has 6 aromatic carbocycles. The van der Waals surface area contributed by atoms with E-state index in [1.165, 1.54) is 12.1 Å². The Balaban J connectivity index is 0.870. The van der Waals surface area contributed by atoms with E-state index in [-0.39, 0.29) is 5.82 Å². The van der Waals surface area contributed by atoms with Gasteiger partial charge in [-0.05, 0) is 196 Å². The van der Waals surface area contributed by atoms with E-state index in [0.717, 1.165) is 106 Å². The van der Waals surface area contributed by atoms with Crippen molar-refractivity contribution in [3.63, 3.8) is 0 Å². The van der Waals surface area contributed by atoms with Crippen LogP contribution < -0.4 is 18.9 Å². The monoisotopic (exact) mass is 945 g/mol. The summed E-state index contributed by atoms with van der Waals surface area (Å²) in [6.45, 7) is 2.50. The average Bonchev–Trinajstić information content (AvgIpc) is 3.28. The summed E-state index contributed by atoms with van der Waals surface area (Å²) in [5.41, 5.74) is 5.35. The van der Waals surface area contributed by atoms with E-state index >= 15 is 0 Å². The molecule has 0 saturated carbocycles. The van der Waals surface area contributed by atoms with Crippen LogP contribution in [0, 0.1) is 5.82 Å². The number of benzene rings is 6. The van der Waals surface area contributed by atoms with Crippen molar-refractivity contribution >= 4 is 67.6 Å². The van der Waals surface area contributed by atoms with Crippen molar-refractivity contribution in [2.75, 3.05) is 26.4 Å². The maximum Gasteiger partial charge on any atom is 0.131 e. The van der Waals surface area contributed by atoms with Crippen LogP contribution in [0.15, 0.2) is 163 Å². The van der Waals surface area contributed by atoms with Crippen molar-refractivity contribution < 1.29 is 23.3 Å². The molecular formula is C51H50Br2FN3O4. The van der Waals surface area contributed by atoms with E-state index in [1.807, 2.05) is 128 Å². The molecule has 0 aliphatic rings. The van der Waals surface area contributed by atoms with E-state index in [1.54, 1.807) is 18.3 Å². The fraction of sp³-hybridized carbons (Fsp3) is 0.235. The Hall–Kier alpha value is -5.58. The van der Waals surface area contributed by atoms with Crippen LogP contribution in [0.5, 0.6) is 23.0 Å². The largest absolute Gasteiger partial charge is 0.494 e.